The maximum atomic E-state index is 12.4. The lowest BCUT2D eigenvalue weighted by atomic mass is 9.99. The third-order valence-corrected chi connectivity index (χ3v) is 4.20. The molecule has 2 aliphatic heterocycles. The molecule has 2 heterocycles. The lowest BCUT2D eigenvalue weighted by molar-refractivity contribution is 0.0313. The number of piperidine rings is 1. The Bertz CT molecular complexity index is 495. The summed E-state index contributed by atoms with van der Waals surface area (Å²) in [7, 11) is 0. The zero-order valence-electron chi connectivity index (χ0n) is 12.4. The number of ketones is 1. The molecule has 0 aliphatic carbocycles. The fourth-order valence-corrected chi connectivity index (χ4v) is 3.02. The fourth-order valence-electron chi connectivity index (χ4n) is 3.02. The first-order chi connectivity index (χ1) is 10.3. The van der Waals surface area contributed by atoms with Gasteiger partial charge in [0, 0.05) is 6.42 Å². The molecule has 1 aromatic carbocycles. The van der Waals surface area contributed by atoms with Crippen LogP contribution in [-0.4, -0.2) is 38.2 Å². The molecule has 0 radical (unpaired) electrons. The molecule has 1 aromatic rings. The van der Waals surface area contributed by atoms with Crippen molar-refractivity contribution in [2.75, 3.05) is 26.3 Å². The number of Topliss-reactive ketones (excluding diaryl/α,β-unsaturated/α-hetero) is 1. The molecule has 0 amide bonds. The molecule has 0 saturated carbocycles. The van der Waals surface area contributed by atoms with Crippen molar-refractivity contribution in [2.45, 2.75) is 38.2 Å². The smallest absolute Gasteiger partial charge is 0.168 e. The van der Waals surface area contributed by atoms with Gasteiger partial charge in [0.25, 0.3) is 0 Å². The van der Waals surface area contributed by atoms with E-state index in [1.165, 1.54) is 0 Å². The third-order valence-electron chi connectivity index (χ3n) is 4.20. The number of carbonyl (C=O) groups excluding carboxylic acids is 1. The molecule has 3 rings (SSSR count). The molecule has 0 aromatic heterocycles. The average molecular weight is 289 g/mol. The van der Waals surface area contributed by atoms with Crippen molar-refractivity contribution in [3.05, 3.63) is 29.3 Å². The Labute approximate surface area is 125 Å². The summed E-state index contributed by atoms with van der Waals surface area (Å²) in [5.41, 5.74) is 1.88. The van der Waals surface area contributed by atoms with Gasteiger partial charge in [0.2, 0.25) is 0 Å². The number of rotatable bonds is 5. The molecular formula is C17H23NO3. The van der Waals surface area contributed by atoms with Crippen molar-refractivity contribution in [2.24, 2.45) is 0 Å². The predicted octanol–water partition coefficient (Wildman–Crippen LogP) is 2.35. The lowest BCUT2D eigenvalue weighted by Gasteiger charge is -2.23. The highest BCUT2D eigenvalue weighted by atomic mass is 16.5. The summed E-state index contributed by atoms with van der Waals surface area (Å²) in [6.45, 7) is 3.24. The Morgan fingerprint density at radius 1 is 1.33 bits per heavy atom. The minimum atomic E-state index is 0.127. The lowest BCUT2D eigenvalue weighted by Crippen LogP contribution is -2.32. The van der Waals surface area contributed by atoms with Crippen LogP contribution in [0.4, 0.5) is 0 Å². The van der Waals surface area contributed by atoms with Crippen molar-refractivity contribution in [1.82, 2.24) is 5.32 Å². The summed E-state index contributed by atoms with van der Waals surface area (Å²) < 4.78 is 11.5. The average Bonchev–Trinajstić information content (AvgIpc) is 2.55. The van der Waals surface area contributed by atoms with E-state index in [0.717, 1.165) is 55.6 Å². The number of aryl methyl sites for hydroxylation is 1. The zero-order valence-corrected chi connectivity index (χ0v) is 12.4. The number of hydrogen-bond donors (Lipinski definition) is 1. The normalized spacial score (nSPS) is 18.9. The maximum absolute atomic E-state index is 12.4. The van der Waals surface area contributed by atoms with Crippen molar-refractivity contribution < 1.29 is 14.3 Å². The summed E-state index contributed by atoms with van der Waals surface area (Å²) in [5, 5.41) is 3.31. The number of carbonyl (C=O) groups is 1. The topological polar surface area (TPSA) is 47.6 Å². The highest BCUT2D eigenvalue weighted by molar-refractivity contribution is 5.99. The van der Waals surface area contributed by atoms with E-state index in [-0.39, 0.29) is 5.78 Å². The summed E-state index contributed by atoms with van der Waals surface area (Å²) in [6, 6.07) is 5.88. The maximum Gasteiger partial charge on any atom is 0.168 e. The number of benzene rings is 1. The summed E-state index contributed by atoms with van der Waals surface area (Å²) in [6.07, 6.45) is 4.85. The van der Waals surface area contributed by atoms with Gasteiger partial charge in [-0.1, -0.05) is 12.1 Å². The van der Waals surface area contributed by atoms with Gasteiger partial charge in [-0.15, -0.1) is 0 Å². The molecule has 0 spiro atoms. The highest BCUT2D eigenvalue weighted by Crippen LogP contribution is 2.29. The van der Waals surface area contributed by atoms with Crippen LogP contribution in [0.2, 0.25) is 0 Å². The number of fused-ring (bicyclic) bond motifs is 1. The number of nitrogens with one attached hydrogen (secondary N) is 1. The molecule has 21 heavy (non-hydrogen) atoms. The van der Waals surface area contributed by atoms with Crippen molar-refractivity contribution in [1.29, 1.82) is 0 Å². The Balaban J connectivity index is 1.55. The van der Waals surface area contributed by atoms with Crippen molar-refractivity contribution in [3.63, 3.8) is 0 Å². The monoisotopic (exact) mass is 289 g/mol. The first-order valence-corrected chi connectivity index (χ1v) is 7.95. The molecule has 0 bridgehead atoms. The van der Waals surface area contributed by atoms with Gasteiger partial charge in [0.1, 0.15) is 5.75 Å². The molecule has 1 saturated heterocycles. The van der Waals surface area contributed by atoms with Gasteiger partial charge in [-0.05, 0) is 50.4 Å². The van der Waals surface area contributed by atoms with Crippen LogP contribution < -0.4 is 10.1 Å². The van der Waals surface area contributed by atoms with E-state index in [4.69, 9.17) is 9.47 Å². The highest BCUT2D eigenvalue weighted by Gasteiger charge is 2.19. The van der Waals surface area contributed by atoms with E-state index in [0.29, 0.717) is 25.7 Å². The second-order valence-corrected chi connectivity index (χ2v) is 5.74. The molecule has 0 atom stereocenters. The quantitative estimate of drug-likeness (QED) is 0.845. The van der Waals surface area contributed by atoms with Crippen LogP contribution in [0.5, 0.6) is 5.75 Å². The van der Waals surface area contributed by atoms with Crippen LogP contribution in [0.15, 0.2) is 18.2 Å². The van der Waals surface area contributed by atoms with Crippen LogP contribution in [0.25, 0.3) is 0 Å². The minimum Gasteiger partial charge on any atom is -0.493 e. The largest absolute Gasteiger partial charge is 0.493 e. The van der Waals surface area contributed by atoms with Crippen LogP contribution in [0, 0.1) is 0 Å². The van der Waals surface area contributed by atoms with Crippen molar-refractivity contribution in [3.8, 4) is 5.75 Å². The Kier molecular flexibility index (Phi) is 4.88. The number of hydrogen-bond acceptors (Lipinski definition) is 4. The second-order valence-electron chi connectivity index (χ2n) is 5.74. The fraction of sp³-hybridized carbons (Fsp3) is 0.588. The van der Waals surface area contributed by atoms with E-state index < -0.39 is 0 Å². The number of ether oxygens (including phenoxy) is 2. The molecule has 4 nitrogen and oxygen atoms in total. The SMILES string of the molecule is O=C(CCOC1CCNCC1)c1cccc2c1OCCC2. The third kappa shape index (κ3) is 3.63. The van der Waals surface area contributed by atoms with Crippen LogP contribution in [0.3, 0.4) is 0 Å². The van der Waals surface area contributed by atoms with Gasteiger partial charge in [-0.25, -0.2) is 0 Å². The first kappa shape index (κ1) is 14.5. The number of para-hydroxylation sites is 1. The molecule has 2 aliphatic rings. The molecule has 1 N–H and O–H groups in total. The first-order valence-electron chi connectivity index (χ1n) is 7.95. The van der Waals surface area contributed by atoms with Crippen LogP contribution in [0.1, 0.15) is 41.6 Å². The van der Waals surface area contributed by atoms with Crippen LogP contribution >= 0.6 is 0 Å². The Hall–Kier alpha value is -1.39. The second kappa shape index (κ2) is 7.05. The summed E-state index contributed by atoms with van der Waals surface area (Å²) >= 11 is 0. The molecule has 0 unspecified atom stereocenters. The Morgan fingerprint density at radius 3 is 3.05 bits per heavy atom. The zero-order chi connectivity index (χ0) is 14.5. The van der Waals surface area contributed by atoms with E-state index >= 15 is 0 Å². The van der Waals surface area contributed by atoms with Gasteiger partial charge >= 0.3 is 0 Å². The predicted molar refractivity (Wildman–Crippen MR) is 81.0 cm³/mol. The summed E-state index contributed by atoms with van der Waals surface area (Å²) in [5.74, 6) is 0.929. The van der Waals surface area contributed by atoms with Crippen molar-refractivity contribution >= 4 is 5.78 Å². The van der Waals surface area contributed by atoms with E-state index in [1.54, 1.807) is 0 Å². The van der Waals surface area contributed by atoms with E-state index in [1.807, 2.05) is 12.1 Å². The molecule has 4 heteroatoms. The van der Waals surface area contributed by atoms with Gasteiger partial charge in [0.05, 0.1) is 24.9 Å². The minimum absolute atomic E-state index is 0.127. The van der Waals surface area contributed by atoms with E-state index in [2.05, 4.69) is 11.4 Å². The van der Waals surface area contributed by atoms with E-state index in [9.17, 15) is 4.79 Å². The van der Waals surface area contributed by atoms with Gasteiger partial charge in [-0.3, -0.25) is 4.79 Å². The van der Waals surface area contributed by atoms with Crippen LogP contribution in [-0.2, 0) is 11.2 Å². The van der Waals surface area contributed by atoms with Gasteiger partial charge in [0.15, 0.2) is 5.78 Å². The molecular weight excluding hydrogens is 266 g/mol. The molecule has 114 valence electrons. The van der Waals surface area contributed by atoms with Gasteiger partial charge in [-0.2, -0.15) is 0 Å². The summed E-state index contributed by atoms with van der Waals surface area (Å²) in [4.78, 5) is 12.4. The Morgan fingerprint density at radius 2 is 2.19 bits per heavy atom. The molecule has 1 fully saturated rings. The van der Waals surface area contributed by atoms with Gasteiger partial charge < -0.3 is 14.8 Å². The standard InChI is InChI=1S/C17H23NO3/c19-16(8-12-20-14-6-9-18-10-7-14)15-5-1-3-13-4-2-11-21-17(13)15/h1,3,5,14,18H,2,4,6-12H2.